The van der Waals surface area contributed by atoms with Gasteiger partial charge >= 0.3 is 5.97 Å². The van der Waals surface area contributed by atoms with E-state index in [1.165, 1.54) is 16.9 Å². The zero-order valence-corrected chi connectivity index (χ0v) is 11.3. The minimum Gasteiger partial charge on any atom is -0.468 e. The second kappa shape index (κ2) is 4.97. The Morgan fingerprint density at radius 2 is 2.12 bits per heavy atom. The molecule has 1 N–H and O–H groups in total. The monoisotopic (exact) mass is 241 g/mol. The Morgan fingerprint density at radius 1 is 1.50 bits per heavy atom. The molecule has 0 aliphatic heterocycles. The maximum atomic E-state index is 11.5. The number of thiophene rings is 1. The van der Waals surface area contributed by atoms with E-state index < -0.39 is 5.54 Å². The van der Waals surface area contributed by atoms with Crippen LogP contribution in [0.15, 0.2) is 12.1 Å². The first-order valence-corrected chi connectivity index (χ1v) is 6.11. The molecule has 1 heterocycles. The smallest absolute Gasteiger partial charge is 0.325 e. The molecule has 1 unspecified atom stereocenters. The first kappa shape index (κ1) is 13.2. The van der Waals surface area contributed by atoms with E-state index in [1.54, 1.807) is 11.3 Å². The minimum absolute atomic E-state index is 0.146. The summed E-state index contributed by atoms with van der Waals surface area (Å²) in [5.41, 5.74) is -0.661. The molecule has 0 aromatic carbocycles. The van der Waals surface area contributed by atoms with E-state index in [4.69, 9.17) is 4.74 Å². The van der Waals surface area contributed by atoms with Crippen molar-refractivity contribution in [3.63, 3.8) is 0 Å². The highest BCUT2D eigenvalue weighted by molar-refractivity contribution is 7.12. The van der Waals surface area contributed by atoms with Gasteiger partial charge in [0.2, 0.25) is 0 Å². The van der Waals surface area contributed by atoms with E-state index in [-0.39, 0.29) is 12.0 Å². The summed E-state index contributed by atoms with van der Waals surface area (Å²) < 4.78 is 4.76. The predicted molar refractivity (Wildman–Crippen MR) is 66.7 cm³/mol. The topological polar surface area (TPSA) is 38.3 Å². The average molecular weight is 241 g/mol. The lowest BCUT2D eigenvalue weighted by Crippen LogP contribution is -2.48. The van der Waals surface area contributed by atoms with Crippen LogP contribution in [0.5, 0.6) is 0 Å². The van der Waals surface area contributed by atoms with E-state index in [2.05, 4.69) is 31.3 Å². The lowest BCUT2D eigenvalue weighted by molar-refractivity contribution is -0.147. The van der Waals surface area contributed by atoms with Crippen molar-refractivity contribution in [1.29, 1.82) is 0 Å². The summed E-state index contributed by atoms with van der Waals surface area (Å²) in [5, 5.41) is 3.27. The van der Waals surface area contributed by atoms with E-state index in [0.717, 1.165) is 0 Å². The molecule has 1 aromatic heterocycles. The number of ether oxygens (including phenoxy) is 1. The Hall–Kier alpha value is -0.870. The van der Waals surface area contributed by atoms with E-state index >= 15 is 0 Å². The van der Waals surface area contributed by atoms with Crippen molar-refractivity contribution in [1.82, 2.24) is 5.32 Å². The van der Waals surface area contributed by atoms with Gasteiger partial charge in [-0.1, -0.05) is 0 Å². The molecule has 0 saturated heterocycles. The fourth-order valence-corrected chi connectivity index (χ4v) is 2.49. The van der Waals surface area contributed by atoms with E-state index in [1.807, 2.05) is 13.8 Å². The Bertz CT molecular complexity index is 371. The second-order valence-electron chi connectivity index (χ2n) is 4.43. The fraction of sp³-hybridized carbons (Fsp3) is 0.583. The molecule has 1 atom stereocenters. The van der Waals surface area contributed by atoms with Crippen molar-refractivity contribution in [2.24, 2.45) is 0 Å². The van der Waals surface area contributed by atoms with Gasteiger partial charge < -0.3 is 4.74 Å². The molecule has 0 radical (unpaired) electrons. The van der Waals surface area contributed by atoms with Gasteiger partial charge in [-0.05, 0) is 39.8 Å². The molecular formula is C12H19NO2S. The van der Waals surface area contributed by atoms with Gasteiger partial charge in [-0.15, -0.1) is 11.3 Å². The van der Waals surface area contributed by atoms with Crippen molar-refractivity contribution < 1.29 is 9.53 Å². The Labute approximate surface area is 101 Å². The van der Waals surface area contributed by atoms with Gasteiger partial charge in [0.15, 0.2) is 0 Å². The van der Waals surface area contributed by atoms with Crippen LogP contribution < -0.4 is 5.32 Å². The van der Waals surface area contributed by atoms with E-state index in [0.29, 0.717) is 0 Å². The molecule has 3 nitrogen and oxygen atoms in total. The fourth-order valence-electron chi connectivity index (χ4n) is 1.61. The number of hydrogen-bond acceptors (Lipinski definition) is 4. The third kappa shape index (κ3) is 3.06. The highest BCUT2D eigenvalue weighted by atomic mass is 32.1. The Kier molecular flexibility index (Phi) is 4.10. The normalized spacial score (nSPS) is 13.6. The van der Waals surface area contributed by atoms with Crippen LogP contribution in [-0.2, 0) is 9.53 Å². The maximum absolute atomic E-state index is 11.5. The molecule has 90 valence electrons. The molecule has 0 saturated carbocycles. The van der Waals surface area contributed by atoms with Crippen LogP contribution in [-0.4, -0.2) is 18.6 Å². The first-order chi connectivity index (χ1) is 7.36. The third-order valence-electron chi connectivity index (χ3n) is 2.46. The summed E-state index contributed by atoms with van der Waals surface area (Å²) in [6.45, 7) is 7.79. The van der Waals surface area contributed by atoms with Crippen LogP contribution in [0.25, 0.3) is 0 Å². The van der Waals surface area contributed by atoms with Gasteiger partial charge in [0.05, 0.1) is 7.11 Å². The van der Waals surface area contributed by atoms with Gasteiger partial charge in [0.25, 0.3) is 0 Å². The van der Waals surface area contributed by atoms with Gasteiger partial charge in [0.1, 0.15) is 5.54 Å². The van der Waals surface area contributed by atoms with E-state index in [9.17, 15) is 4.79 Å². The average Bonchev–Trinajstić information content (AvgIpc) is 2.63. The molecule has 0 amide bonds. The second-order valence-corrected chi connectivity index (χ2v) is 5.75. The summed E-state index contributed by atoms with van der Waals surface area (Å²) >= 11 is 1.74. The summed E-state index contributed by atoms with van der Waals surface area (Å²) in [6.07, 6.45) is 0. The summed E-state index contributed by atoms with van der Waals surface area (Å²) in [7, 11) is 1.41. The van der Waals surface area contributed by atoms with Crippen LogP contribution in [0.3, 0.4) is 0 Å². The number of esters is 1. The van der Waals surface area contributed by atoms with Crippen LogP contribution >= 0.6 is 11.3 Å². The maximum Gasteiger partial charge on any atom is 0.325 e. The first-order valence-electron chi connectivity index (χ1n) is 5.29. The minimum atomic E-state index is -0.661. The molecule has 1 aromatic rings. The Balaban J connectivity index is 2.70. The number of aryl methyl sites for hydroxylation is 1. The van der Waals surface area contributed by atoms with Crippen LogP contribution in [0, 0.1) is 6.92 Å². The highest BCUT2D eigenvalue weighted by Gasteiger charge is 2.30. The number of carbonyl (C=O) groups is 1. The van der Waals surface area contributed by atoms with Crippen molar-refractivity contribution in [2.75, 3.05) is 7.11 Å². The molecule has 0 bridgehead atoms. The number of carbonyl (C=O) groups excluding carboxylic acids is 1. The highest BCUT2D eigenvalue weighted by Crippen LogP contribution is 2.24. The molecule has 1 rings (SSSR count). The van der Waals surface area contributed by atoms with Crippen molar-refractivity contribution in [2.45, 2.75) is 39.3 Å². The SMILES string of the molecule is COC(=O)C(C)(C)NC(C)c1ccc(C)s1. The quantitative estimate of drug-likeness (QED) is 0.824. The van der Waals surface area contributed by atoms with Gasteiger partial charge in [0, 0.05) is 15.8 Å². The third-order valence-corrected chi connectivity index (χ3v) is 3.64. The summed E-state index contributed by atoms with van der Waals surface area (Å²) in [6, 6.07) is 4.32. The van der Waals surface area contributed by atoms with Crippen LogP contribution in [0.2, 0.25) is 0 Å². The number of rotatable bonds is 4. The van der Waals surface area contributed by atoms with Crippen molar-refractivity contribution in [3.05, 3.63) is 21.9 Å². The largest absolute Gasteiger partial charge is 0.468 e. The molecular weight excluding hydrogens is 222 g/mol. The zero-order chi connectivity index (χ0) is 12.3. The summed E-state index contributed by atoms with van der Waals surface area (Å²) in [5.74, 6) is -0.243. The molecule has 0 aliphatic rings. The predicted octanol–water partition coefficient (Wildman–Crippen LogP) is 2.66. The van der Waals surface area contributed by atoms with Crippen LogP contribution in [0.1, 0.15) is 36.6 Å². The number of hydrogen-bond donors (Lipinski definition) is 1. The molecule has 0 fully saturated rings. The van der Waals surface area contributed by atoms with Gasteiger partial charge in [-0.3, -0.25) is 10.1 Å². The lowest BCUT2D eigenvalue weighted by Gasteiger charge is -2.27. The molecule has 0 spiro atoms. The number of nitrogens with one attached hydrogen (secondary N) is 1. The Morgan fingerprint density at radius 3 is 2.56 bits per heavy atom. The van der Waals surface area contributed by atoms with Crippen molar-refractivity contribution in [3.8, 4) is 0 Å². The van der Waals surface area contributed by atoms with Crippen molar-refractivity contribution >= 4 is 17.3 Å². The molecule has 4 heteroatoms. The summed E-state index contributed by atoms with van der Waals surface area (Å²) in [4.78, 5) is 14.0. The molecule has 0 aliphatic carbocycles. The van der Waals surface area contributed by atoms with Gasteiger partial charge in [-0.25, -0.2) is 0 Å². The van der Waals surface area contributed by atoms with Gasteiger partial charge in [-0.2, -0.15) is 0 Å². The lowest BCUT2D eigenvalue weighted by atomic mass is 10.0. The van der Waals surface area contributed by atoms with Crippen LogP contribution in [0.4, 0.5) is 0 Å². The standard InChI is InChI=1S/C12H19NO2S/c1-8-6-7-10(16-8)9(2)13-12(3,4)11(14)15-5/h6-7,9,13H,1-5H3. The number of methoxy groups -OCH3 is 1. The zero-order valence-electron chi connectivity index (χ0n) is 10.5. The molecule has 16 heavy (non-hydrogen) atoms.